The summed E-state index contributed by atoms with van der Waals surface area (Å²) in [5.74, 6) is 4.53. The lowest BCUT2D eigenvalue weighted by atomic mass is 9.77. The zero-order valence-electron chi connectivity index (χ0n) is 20.8. The molecule has 5 heterocycles. The zero-order valence-corrected chi connectivity index (χ0v) is 20.8. The van der Waals surface area contributed by atoms with Crippen molar-refractivity contribution in [2.45, 2.75) is 25.0 Å². The summed E-state index contributed by atoms with van der Waals surface area (Å²) < 4.78 is 19.6. The van der Waals surface area contributed by atoms with Gasteiger partial charge in [0.15, 0.2) is 11.4 Å². The summed E-state index contributed by atoms with van der Waals surface area (Å²) in [6.07, 6.45) is 4.23. The molecule has 1 unspecified atom stereocenters. The van der Waals surface area contributed by atoms with Crippen molar-refractivity contribution in [3.8, 4) is 17.2 Å². The van der Waals surface area contributed by atoms with Gasteiger partial charge in [-0.2, -0.15) is 0 Å². The van der Waals surface area contributed by atoms with Gasteiger partial charge in [-0.3, -0.25) is 0 Å². The molecule has 1 aromatic heterocycles. The number of oxazole rings is 1. The van der Waals surface area contributed by atoms with Crippen LogP contribution < -0.4 is 9.47 Å². The third-order valence-electron chi connectivity index (χ3n) is 8.57. The van der Waals surface area contributed by atoms with Gasteiger partial charge >= 0.3 is 0 Å². The maximum atomic E-state index is 12.2. The first-order valence-corrected chi connectivity index (χ1v) is 13.2. The van der Waals surface area contributed by atoms with Crippen LogP contribution in [0.4, 0.5) is 0 Å². The van der Waals surface area contributed by atoms with Gasteiger partial charge in [0.05, 0.1) is 32.4 Å². The van der Waals surface area contributed by atoms with Crippen molar-refractivity contribution in [1.29, 1.82) is 0 Å². The lowest BCUT2D eigenvalue weighted by molar-refractivity contribution is -0.960. The molecule has 4 aliphatic rings. The number of hydrogen-bond donors (Lipinski definition) is 1. The van der Waals surface area contributed by atoms with E-state index in [1.165, 1.54) is 12.8 Å². The molecule has 0 spiro atoms. The molecule has 0 aliphatic carbocycles. The molecule has 4 aliphatic heterocycles. The van der Waals surface area contributed by atoms with Crippen molar-refractivity contribution < 1.29 is 23.5 Å². The van der Waals surface area contributed by atoms with Crippen LogP contribution in [0.2, 0.25) is 0 Å². The molecule has 6 nitrogen and oxygen atoms in total. The van der Waals surface area contributed by atoms with Gasteiger partial charge in [0.25, 0.3) is 0 Å². The molecule has 3 aromatic carbocycles. The highest BCUT2D eigenvalue weighted by Gasteiger charge is 2.48. The number of rotatable bonds is 6. The second-order valence-corrected chi connectivity index (χ2v) is 10.8. The number of aliphatic hydroxyl groups is 1. The number of nitrogens with zero attached hydrogens (tertiary/aromatic N) is 2. The third-order valence-corrected chi connectivity index (χ3v) is 8.57. The van der Waals surface area contributed by atoms with Crippen LogP contribution in [0.15, 0.2) is 89.5 Å². The first kappa shape index (κ1) is 22.6. The maximum Gasteiger partial charge on any atom is 0.236 e. The fraction of sp³-hybridized carbons (Fsp3) is 0.323. The van der Waals surface area contributed by atoms with Gasteiger partial charge in [-0.25, -0.2) is 4.98 Å². The van der Waals surface area contributed by atoms with E-state index in [9.17, 15) is 5.11 Å². The second-order valence-electron chi connectivity index (χ2n) is 10.8. The quantitative estimate of drug-likeness (QED) is 0.358. The van der Waals surface area contributed by atoms with Crippen molar-refractivity contribution in [2.75, 3.05) is 26.2 Å². The first-order valence-electron chi connectivity index (χ1n) is 13.2. The molecule has 0 amide bonds. The highest BCUT2D eigenvalue weighted by atomic mass is 16.5. The molecule has 1 atom stereocenters. The van der Waals surface area contributed by atoms with E-state index >= 15 is 0 Å². The van der Waals surface area contributed by atoms with E-state index < -0.39 is 5.60 Å². The van der Waals surface area contributed by atoms with Crippen molar-refractivity contribution in [3.05, 3.63) is 108 Å². The minimum absolute atomic E-state index is 0.291. The Morgan fingerprint density at radius 3 is 2.24 bits per heavy atom. The zero-order chi connectivity index (χ0) is 24.9. The van der Waals surface area contributed by atoms with E-state index in [1.54, 1.807) is 6.20 Å². The molecule has 3 saturated heterocycles. The summed E-state index contributed by atoms with van der Waals surface area (Å²) in [5, 5.41) is 12.2. The fourth-order valence-corrected chi connectivity index (χ4v) is 6.65. The third kappa shape index (κ3) is 3.83. The van der Waals surface area contributed by atoms with Crippen LogP contribution >= 0.6 is 0 Å². The van der Waals surface area contributed by atoms with Crippen molar-refractivity contribution in [1.82, 2.24) is 4.98 Å². The van der Waals surface area contributed by atoms with E-state index in [-0.39, 0.29) is 0 Å². The smallest absolute Gasteiger partial charge is 0.236 e. The molecule has 8 rings (SSSR count). The Bertz CT molecular complexity index is 1360. The second kappa shape index (κ2) is 8.75. The summed E-state index contributed by atoms with van der Waals surface area (Å²) in [6, 6.07) is 25.2. The van der Waals surface area contributed by atoms with Gasteiger partial charge in [-0.1, -0.05) is 54.6 Å². The highest BCUT2D eigenvalue weighted by molar-refractivity contribution is 5.58. The molecule has 188 valence electrons. The number of quaternary nitrogens is 1. The molecule has 3 fully saturated rings. The van der Waals surface area contributed by atoms with E-state index in [4.69, 9.17) is 13.9 Å². The Hall–Kier alpha value is -3.61. The average Bonchev–Trinajstić information content (AvgIpc) is 3.42. The lowest BCUT2D eigenvalue weighted by Crippen LogP contribution is -2.62. The molecule has 0 radical (unpaired) electrons. The predicted molar refractivity (Wildman–Crippen MR) is 138 cm³/mol. The Labute approximate surface area is 216 Å². The number of ether oxygens (including phenoxy) is 2. The van der Waals surface area contributed by atoms with Gasteiger partial charge in [0.2, 0.25) is 5.89 Å². The number of benzene rings is 3. The van der Waals surface area contributed by atoms with E-state index in [2.05, 4.69) is 4.98 Å². The Kier molecular flexibility index (Phi) is 5.34. The largest absolute Gasteiger partial charge is 0.493 e. The average molecular weight is 496 g/mol. The number of hydrogen-bond acceptors (Lipinski definition) is 5. The van der Waals surface area contributed by atoms with Gasteiger partial charge in [0, 0.05) is 29.9 Å². The molecule has 37 heavy (non-hydrogen) atoms. The molecule has 1 N–H and O–H groups in total. The van der Waals surface area contributed by atoms with Crippen molar-refractivity contribution in [2.24, 2.45) is 11.8 Å². The van der Waals surface area contributed by atoms with E-state index in [0.29, 0.717) is 34.4 Å². The summed E-state index contributed by atoms with van der Waals surface area (Å²) in [5.41, 5.74) is -0.220. The Morgan fingerprint density at radius 1 is 0.892 bits per heavy atom. The van der Waals surface area contributed by atoms with Gasteiger partial charge in [0.1, 0.15) is 23.8 Å². The predicted octanol–water partition coefficient (Wildman–Crippen LogP) is 5.50. The number of para-hydroxylation sites is 3. The van der Waals surface area contributed by atoms with Crippen LogP contribution in [0.5, 0.6) is 17.2 Å². The van der Waals surface area contributed by atoms with Crippen molar-refractivity contribution in [3.63, 3.8) is 0 Å². The normalized spacial score (nSPS) is 25.1. The molecule has 6 heteroatoms. The van der Waals surface area contributed by atoms with Gasteiger partial charge in [-0.05, 0) is 30.2 Å². The van der Waals surface area contributed by atoms with Crippen molar-refractivity contribution >= 4 is 0 Å². The highest BCUT2D eigenvalue weighted by Crippen LogP contribution is 2.50. The van der Waals surface area contributed by atoms with E-state index in [0.717, 1.165) is 54.7 Å². The van der Waals surface area contributed by atoms with Crippen LogP contribution in [0.25, 0.3) is 0 Å². The van der Waals surface area contributed by atoms with Crippen LogP contribution in [-0.4, -0.2) is 40.8 Å². The van der Waals surface area contributed by atoms with Gasteiger partial charge < -0.3 is 23.5 Å². The summed E-state index contributed by atoms with van der Waals surface area (Å²) in [4.78, 5) is 4.64. The topological polar surface area (TPSA) is 64.7 Å². The van der Waals surface area contributed by atoms with Crippen LogP contribution in [0.3, 0.4) is 0 Å². The summed E-state index contributed by atoms with van der Waals surface area (Å²) in [6.45, 7) is 4.90. The molecular weight excluding hydrogens is 464 g/mol. The summed E-state index contributed by atoms with van der Waals surface area (Å²) in [7, 11) is 0. The monoisotopic (exact) mass is 495 g/mol. The van der Waals surface area contributed by atoms with Crippen LogP contribution in [0, 0.1) is 11.8 Å². The minimum atomic E-state index is -1.51. The molecule has 4 aromatic rings. The molecule has 2 bridgehead atoms. The number of aromatic nitrogens is 1. The Morgan fingerprint density at radius 2 is 1.54 bits per heavy atom. The first-order chi connectivity index (χ1) is 18.1. The summed E-state index contributed by atoms with van der Waals surface area (Å²) >= 11 is 0. The number of fused-ring (bicyclic) bond motifs is 5. The minimum Gasteiger partial charge on any atom is -0.493 e. The fourth-order valence-electron chi connectivity index (χ4n) is 6.65. The molecular formula is C31H31N2O4+. The standard InChI is InChI=1S/C31H31N2O4/c34-31(26-10-4-6-12-28(26)37-29-13-7-5-11-27(29)31)30-32-18-25(36-30)20-33-16-14-22(15-17-33)23(19-33)21-35-24-8-2-1-3-9-24/h1-13,18,22-23,34H,14-17,19-21H2/q+1. The lowest BCUT2D eigenvalue weighted by Gasteiger charge is -2.52. The Balaban J connectivity index is 1.15. The van der Waals surface area contributed by atoms with Gasteiger partial charge in [-0.15, -0.1) is 0 Å². The van der Waals surface area contributed by atoms with Crippen LogP contribution in [-0.2, 0) is 12.1 Å². The maximum absolute atomic E-state index is 12.2. The SMILES string of the molecule is OC1(c2ncc(C[N+]34CCC(CC3)C(COc3ccccc3)C4)o2)c2ccccc2Oc2ccccc21. The van der Waals surface area contributed by atoms with Crippen LogP contribution in [0.1, 0.15) is 35.6 Å². The number of piperidine rings is 3. The molecule has 0 saturated carbocycles. The van der Waals surface area contributed by atoms with E-state index in [1.807, 2.05) is 78.9 Å².